The van der Waals surface area contributed by atoms with Crippen molar-refractivity contribution in [3.05, 3.63) is 12.7 Å². The average molecular weight is 201 g/mol. The lowest BCUT2D eigenvalue weighted by Gasteiger charge is -2.18. The summed E-state index contributed by atoms with van der Waals surface area (Å²) in [6.45, 7) is 4.13. The molecule has 1 fully saturated rings. The van der Waals surface area contributed by atoms with Gasteiger partial charge >= 0.3 is 5.97 Å². The zero-order chi connectivity index (χ0) is 9.68. The van der Waals surface area contributed by atoms with Crippen molar-refractivity contribution in [3.63, 3.8) is 0 Å². The van der Waals surface area contributed by atoms with Crippen molar-refractivity contribution in [1.29, 1.82) is 0 Å². The topological polar surface area (TPSA) is 49.3 Å². The summed E-state index contributed by atoms with van der Waals surface area (Å²) >= 11 is 1.83. The van der Waals surface area contributed by atoms with E-state index < -0.39 is 12.0 Å². The summed E-state index contributed by atoms with van der Waals surface area (Å²) in [5.74, 6) is 1.59. The van der Waals surface area contributed by atoms with E-state index in [1.807, 2.05) is 11.8 Å². The fraction of sp³-hybridized carbons (Fsp3) is 0.667. The molecule has 2 atom stereocenters. The van der Waals surface area contributed by atoms with Crippen LogP contribution in [0, 0.1) is 5.92 Å². The second kappa shape index (κ2) is 5.29. The normalized spacial score (nSPS) is 24.2. The molecular formula is C9H15NO2S. The summed E-state index contributed by atoms with van der Waals surface area (Å²) in [7, 11) is 0. The van der Waals surface area contributed by atoms with Gasteiger partial charge in [-0.3, -0.25) is 4.79 Å². The number of hydrogen-bond acceptors (Lipinski definition) is 3. The molecule has 0 aromatic heterocycles. The number of hydrogen-bond donors (Lipinski definition) is 2. The molecule has 13 heavy (non-hydrogen) atoms. The number of carbonyl (C=O) groups is 1. The Hall–Kier alpha value is -0.480. The fourth-order valence-electron chi connectivity index (χ4n) is 1.48. The number of thioether (sulfide) groups is 1. The molecule has 1 aliphatic rings. The fourth-order valence-corrected chi connectivity index (χ4v) is 2.78. The molecule has 0 saturated carbocycles. The van der Waals surface area contributed by atoms with E-state index in [1.165, 1.54) is 0 Å². The van der Waals surface area contributed by atoms with E-state index in [-0.39, 0.29) is 5.92 Å². The number of rotatable bonds is 5. The Morgan fingerprint density at radius 3 is 3.08 bits per heavy atom. The summed E-state index contributed by atoms with van der Waals surface area (Å²) in [5.41, 5.74) is 0. The Morgan fingerprint density at radius 1 is 1.85 bits per heavy atom. The SMILES string of the molecule is C=CCNC(C(=O)O)C1CCSC1. The highest BCUT2D eigenvalue weighted by Crippen LogP contribution is 2.26. The van der Waals surface area contributed by atoms with Crippen LogP contribution in [0.3, 0.4) is 0 Å². The average Bonchev–Trinajstić information content (AvgIpc) is 2.57. The first-order valence-corrected chi connectivity index (χ1v) is 5.56. The summed E-state index contributed by atoms with van der Waals surface area (Å²) in [4.78, 5) is 10.9. The van der Waals surface area contributed by atoms with Gasteiger partial charge in [-0.25, -0.2) is 0 Å². The van der Waals surface area contributed by atoms with Crippen molar-refractivity contribution >= 4 is 17.7 Å². The van der Waals surface area contributed by atoms with Gasteiger partial charge in [0.1, 0.15) is 6.04 Å². The smallest absolute Gasteiger partial charge is 0.321 e. The van der Waals surface area contributed by atoms with Gasteiger partial charge in [-0.15, -0.1) is 6.58 Å². The molecule has 0 bridgehead atoms. The molecule has 4 heteroatoms. The van der Waals surface area contributed by atoms with Gasteiger partial charge in [-0.2, -0.15) is 11.8 Å². The quantitative estimate of drug-likeness (QED) is 0.651. The van der Waals surface area contributed by atoms with Gasteiger partial charge in [0, 0.05) is 6.54 Å². The second-order valence-electron chi connectivity index (χ2n) is 3.14. The molecule has 0 aliphatic carbocycles. The van der Waals surface area contributed by atoms with Gasteiger partial charge in [-0.05, 0) is 23.8 Å². The van der Waals surface area contributed by atoms with Crippen LogP contribution in [0.15, 0.2) is 12.7 Å². The van der Waals surface area contributed by atoms with E-state index in [2.05, 4.69) is 11.9 Å². The third kappa shape index (κ3) is 3.04. The van der Waals surface area contributed by atoms with Crippen LogP contribution >= 0.6 is 11.8 Å². The van der Waals surface area contributed by atoms with Gasteiger partial charge in [0.05, 0.1) is 0 Å². The minimum Gasteiger partial charge on any atom is -0.480 e. The highest BCUT2D eigenvalue weighted by Gasteiger charge is 2.29. The Balaban J connectivity index is 2.45. The maximum Gasteiger partial charge on any atom is 0.321 e. The van der Waals surface area contributed by atoms with Crippen molar-refractivity contribution in [3.8, 4) is 0 Å². The van der Waals surface area contributed by atoms with E-state index in [9.17, 15) is 4.79 Å². The molecule has 2 unspecified atom stereocenters. The summed E-state index contributed by atoms with van der Waals surface area (Å²) < 4.78 is 0. The van der Waals surface area contributed by atoms with Gasteiger partial charge in [0.2, 0.25) is 0 Å². The zero-order valence-corrected chi connectivity index (χ0v) is 8.35. The lowest BCUT2D eigenvalue weighted by molar-refractivity contribution is -0.140. The van der Waals surface area contributed by atoms with Crippen LogP contribution < -0.4 is 5.32 Å². The number of carboxylic acids is 1. The van der Waals surface area contributed by atoms with E-state index in [4.69, 9.17) is 5.11 Å². The lowest BCUT2D eigenvalue weighted by Crippen LogP contribution is -2.43. The van der Waals surface area contributed by atoms with Crippen LogP contribution in [0.1, 0.15) is 6.42 Å². The van der Waals surface area contributed by atoms with Gasteiger partial charge in [-0.1, -0.05) is 6.08 Å². The van der Waals surface area contributed by atoms with E-state index >= 15 is 0 Å². The molecule has 2 N–H and O–H groups in total. The van der Waals surface area contributed by atoms with Gasteiger partial charge < -0.3 is 10.4 Å². The predicted octanol–water partition coefficient (Wildman–Crippen LogP) is 0.968. The first-order chi connectivity index (χ1) is 6.25. The largest absolute Gasteiger partial charge is 0.480 e. The van der Waals surface area contributed by atoms with Crippen LogP contribution in [-0.4, -0.2) is 35.2 Å². The molecule has 74 valence electrons. The summed E-state index contributed by atoms with van der Waals surface area (Å²) in [6, 6.07) is -0.395. The molecule has 3 nitrogen and oxygen atoms in total. The third-order valence-electron chi connectivity index (χ3n) is 2.18. The molecule has 1 heterocycles. The lowest BCUT2D eigenvalue weighted by atomic mass is 9.99. The summed E-state index contributed by atoms with van der Waals surface area (Å²) in [6.07, 6.45) is 2.70. The Bertz CT molecular complexity index is 190. The Kier molecular flexibility index (Phi) is 4.32. The molecule has 0 aromatic rings. The van der Waals surface area contributed by atoms with E-state index in [0.29, 0.717) is 6.54 Å². The van der Waals surface area contributed by atoms with Gasteiger partial charge in [0.25, 0.3) is 0 Å². The van der Waals surface area contributed by atoms with Gasteiger partial charge in [0.15, 0.2) is 0 Å². The van der Waals surface area contributed by atoms with Crippen molar-refractivity contribution in [2.75, 3.05) is 18.1 Å². The van der Waals surface area contributed by atoms with E-state index in [1.54, 1.807) is 6.08 Å². The molecule has 0 amide bonds. The number of carboxylic acid groups (broad SMARTS) is 1. The van der Waals surface area contributed by atoms with Crippen molar-refractivity contribution in [1.82, 2.24) is 5.32 Å². The number of nitrogens with one attached hydrogen (secondary N) is 1. The van der Waals surface area contributed by atoms with Crippen molar-refractivity contribution in [2.45, 2.75) is 12.5 Å². The highest BCUT2D eigenvalue weighted by molar-refractivity contribution is 7.99. The monoisotopic (exact) mass is 201 g/mol. The summed E-state index contributed by atoms with van der Waals surface area (Å²) in [5, 5.41) is 11.9. The van der Waals surface area contributed by atoms with Crippen molar-refractivity contribution in [2.24, 2.45) is 5.92 Å². The molecule has 0 radical (unpaired) electrons. The molecule has 1 saturated heterocycles. The molecular weight excluding hydrogens is 186 g/mol. The van der Waals surface area contributed by atoms with Crippen LogP contribution in [0.4, 0.5) is 0 Å². The highest BCUT2D eigenvalue weighted by atomic mass is 32.2. The molecule has 1 aliphatic heterocycles. The molecule has 0 aromatic carbocycles. The maximum absolute atomic E-state index is 10.9. The zero-order valence-electron chi connectivity index (χ0n) is 7.53. The minimum absolute atomic E-state index is 0.280. The first-order valence-electron chi connectivity index (χ1n) is 4.40. The minimum atomic E-state index is -0.741. The first kappa shape index (κ1) is 10.6. The Morgan fingerprint density at radius 2 is 2.62 bits per heavy atom. The molecule has 1 rings (SSSR count). The Labute approximate surface area is 82.6 Å². The number of aliphatic carboxylic acids is 1. The van der Waals surface area contributed by atoms with Crippen LogP contribution in [0.2, 0.25) is 0 Å². The van der Waals surface area contributed by atoms with Crippen LogP contribution in [0.5, 0.6) is 0 Å². The van der Waals surface area contributed by atoms with Crippen LogP contribution in [-0.2, 0) is 4.79 Å². The van der Waals surface area contributed by atoms with Crippen LogP contribution in [0.25, 0.3) is 0 Å². The maximum atomic E-state index is 10.9. The van der Waals surface area contributed by atoms with E-state index in [0.717, 1.165) is 17.9 Å². The standard InChI is InChI=1S/C9H15NO2S/c1-2-4-10-8(9(11)12)7-3-5-13-6-7/h2,7-8,10H,1,3-6H2,(H,11,12). The third-order valence-corrected chi connectivity index (χ3v) is 3.37. The second-order valence-corrected chi connectivity index (χ2v) is 4.29. The molecule has 0 spiro atoms. The van der Waals surface area contributed by atoms with Crippen molar-refractivity contribution < 1.29 is 9.90 Å². The predicted molar refractivity (Wildman–Crippen MR) is 55.1 cm³/mol.